The van der Waals surface area contributed by atoms with E-state index in [2.05, 4.69) is 43.4 Å². The number of piperidine rings is 1. The zero-order valence-corrected chi connectivity index (χ0v) is 20.9. The van der Waals surface area contributed by atoms with E-state index in [0.717, 1.165) is 60.8 Å². The van der Waals surface area contributed by atoms with Gasteiger partial charge in [-0.15, -0.1) is 24.0 Å². The first-order valence-corrected chi connectivity index (χ1v) is 10.5. The first-order chi connectivity index (χ1) is 13.0. The highest BCUT2D eigenvalue weighted by molar-refractivity contribution is 14.0. The van der Waals surface area contributed by atoms with Gasteiger partial charge in [0, 0.05) is 42.8 Å². The second-order valence-corrected chi connectivity index (χ2v) is 7.55. The van der Waals surface area contributed by atoms with Crippen LogP contribution in [0.2, 0.25) is 0 Å². The highest BCUT2D eigenvalue weighted by atomic mass is 127. The van der Waals surface area contributed by atoms with E-state index in [1.807, 2.05) is 32.0 Å². The van der Waals surface area contributed by atoms with Gasteiger partial charge in [0.05, 0.1) is 12.6 Å². The lowest BCUT2D eigenvalue weighted by Gasteiger charge is -2.34. The first-order valence-electron chi connectivity index (χ1n) is 9.74. The highest BCUT2D eigenvalue weighted by Crippen LogP contribution is 2.20. The zero-order chi connectivity index (χ0) is 19.6. The number of carbonyl (C=O) groups excluding carboxylic acids is 1. The van der Waals surface area contributed by atoms with Gasteiger partial charge in [-0.1, -0.05) is 15.9 Å². The van der Waals surface area contributed by atoms with Crippen molar-refractivity contribution in [2.24, 2.45) is 4.99 Å². The van der Waals surface area contributed by atoms with Crippen LogP contribution in [-0.2, 0) is 9.53 Å². The number of hydrogen-bond acceptors (Lipinski definition) is 3. The van der Waals surface area contributed by atoms with Crippen LogP contribution in [0.15, 0.2) is 27.7 Å². The Morgan fingerprint density at radius 1 is 1.32 bits per heavy atom. The maximum absolute atomic E-state index is 12.2. The van der Waals surface area contributed by atoms with Crippen molar-refractivity contribution in [3.05, 3.63) is 28.2 Å². The molecule has 0 spiro atoms. The molecule has 0 aliphatic carbocycles. The average molecular weight is 567 g/mol. The Morgan fingerprint density at radius 2 is 2.04 bits per heavy atom. The van der Waals surface area contributed by atoms with Crippen LogP contribution in [0.4, 0.5) is 5.69 Å². The molecule has 8 heteroatoms. The van der Waals surface area contributed by atoms with Gasteiger partial charge in [0.1, 0.15) is 0 Å². The fraction of sp³-hybridized carbons (Fsp3) is 0.600. The summed E-state index contributed by atoms with van der Waals surface area (Å²) >= 11 is 3.44. The van der Waals surface area contributed by atoms with Crippen molar-refractivity contribution in [3.63, 3.8) is 0 Å². The minimum Gasteiger partial charge on any atom is -0.378 e. The summed E-state index contributed by atoms with van der Waals surface area (Å²) in [6.45, 7) is 9.99. The molecule has 1 aliphatic heterocycles. The summed E-state index contributed by atoms with van der Waals surface area (Å²) in [6.07, 6.45) is 2.75. The van der Waals surface area contributed by atoms with Crippen molar-refractivity contribution in [2.45, 2.75) is 46.1 Å². The number of ether oxygens (including phenoxy) is 1. The van der Waals surface area contributed by atoms with Gasteiger partial charge in [-0.3, -0.25) is 9.79 Å². The lowest BCUT2D eigenvalue weighted by Crippen LogP contribution is -2.47. The Morgan fingerprint density at radius 3 is 2.64 bits per heavy atom. The Balaban J connectivity index is 0.00000392. The summed E-state index contributed by atoms with van der Waals surface area (Å²) in [5.74, 6) is 0.871. The predicted octanol–water partition coefficient (Wildman–Crippen LogP) is 4.17. The molecule has 0 unspecified atom stereocenters. The summed E-state index contributed by atoms with van der Waals surface area (Å²) in [5, 5.41) is 6.30. The molecule has 0 bridgehead atoms. The summed E-state index contributed by atoms with van der Waals surface area (Å²) in [7, 11) is 0. The van der Waals surface area contributed by atoms with Gasteiger partial charge in [0.15, 0.2) is 5.96 Å². The molecular formula is C20H32BrIN4O2. The quantitative estimate of drug-likeness (QED) is 0.295. The smallest absolute Gasteiger partial charge is 0.226 e. The second-order valence-electron chi connectivity index (χ2n) is 6.63. The maximum atomic E-state index is 12.2. The molecule has 1 heterocycles. The number of anilines is 1. The Hall–Kier alpha value is -0.870. The van der Waals surface area contributed by atoms with Gasteiger partial charge < -0.3 is 20.3 Å². The van der Waals surface area contributed by atoms with Crippen LogP contribution >= 0.6 is 39.9 Å². The van der Waals surface area contributed by atoms with Gasteiger partial charge in [-0.2, -0.15) is 0 Å². The maximum Gasteiger partial charge on any atom is 0.226 e. The number of halogens is 2. The number of nitrogens with zero attached hydrogens (tertiary/aromatic N) is 2. The number of carbonyl (C=O) groups is 1. The number of rotatable bonds is 7. The molecule has 1 amide bonds. The zero-order valence-electron chi connectivity index (χ0n) is 17.0. The number of likely N-dealkylation sites (tertiary alicyclic amines) is 1. The van der Waals surface area contributed by atoms with E-state index in [-0.39, 0.29) is 29.9 Å². The van der Waals surface area contributed by atoms with Gasteiger partial charge >= 0.3 is 0 Å². The molecule has 1 aliphatic rings. The van der Waals surface area contributed by atoms with Crippen molar-refractivity contribution in [3.8, 4) is 0 Å². The predicted molar refractivity (Wildman–Crippen MR) is 130 cm³/mol. The Kier molecular flexibility index (Phi) is 12.0. The van der Waals surface area contributed by atoms with E-state index in [4.69, 9.17) is 4.74 Å². The molecule has 28 heavy (non-hydrogen) atoms. The fourth-order valence-corrected chi connectivity index (χ4v) is 3.61. The van der Waals surface area contributed by atoms with Crippen LogP contribution in [0.1, 0.15) is 38.7 Å². The highest BCUT2D eigenvalue weighted by Gasteiger charge is 2.21. The largest absolute Gasteiger partial charge is 0.378 e. The summed E-state index contributed by atoms with van der Waals surface area (Å²) in [5.41, 5.74) is 1.88. The molecule has 0 aromatic heterocycles. The molecule has 0 saturated carbocycles. The van der Waals surface area contributed by atoms with Crippen molar-refractivity contribution < 1.29 is 9.53 Å². The number of aryl methyl sites for hydroxylation is 1. The van der Waals surface area contributed by atoms with Crippen LogP contribution in [0.5, 0.6) is 0 Å². The molecule has 2 N–H and O–H groups in total. The minimum absolute atomic E-state index is 0. The number of benzene rings is 1. The van der Waals surface area contributed by atoms with Crippen molar-refractivity contribution >= 4 is 57.5 Å². The third kappa shape index (κ3) is 8.24. The molecule has 2 rings (SSSR count). The summed E-state index contributed by atoms with van der Waals surface area (Å²) in [6, 6.07) is 5.83. The van der Waals surface area contributed by atoms with E-state index in [9.17, 15) is 4.79 Å². The summed E-state index contributed by atoms with van der Waals surface area (Å²) in [4.78, 5) is 19.1. The number of amides is 1. The van der Waals surface area contributed by atoms with Crippen LogP contribution < -0.4 is 10.6 Å². The fourth-order valence-electron chi connectivity index (χ4n) is 3.14. The van der Waals surface area contributed by atoms with Crippen LogP contribution in [0.25, 0.3) is 0 Å². The number of nitrogens with one attached hydrogen (secondary N) is 2. The van der Waals surface area contributed by atoms with E-state index in [1.165, 1.54) is 0 Å². The third-order valence-corrected chi connectivity index (χ3v) is 5.04. The van der Waals surface area contributed by atoms with Crippen molar-refractivity contribution in [2.75, 3.05) is 38.1 Å². The minimum atomic E-state index is -0.0184. The molecule has 0 radical (unpaired) electrons. The molecular weight excluding hydrogens is 535 g/mol. The molecule has 0 atom stereocenters. The molecule has 1 saturated heterocycles. The van der Waals surface area contributed by atoms with Gasteiger partial charge in [-0.25, -0.2) is 0 Å². The Bertz CT molecular complexity index is 649. The first kappa shape index (κ1) is 25.2. The normalized spacial score (nSPS) is 15.1. The Labute approximate surface area is 194 Å². The van der Waals surface area contributed by atoms with E-state index < -0.39 is 0 Å². The number of aliphatic imine (C=N–C) groups is 1. The molecule has 1 aromatic rings. The van der Waals surface area contributed by atoms with E-state index in [1.54, 1.807) is 0 Å². The van der Waals surface area contributed by atoms with Gasteiger partial charge in [0.25, 0.3) is 0 Å². The average Bonchev–Trinajstić information content (AvgIpc) is 2.64. The van der Waals surface area contributed by atoms with Gasteiger partial charge in [-0.05, 0) is 57.4 Å². The lowest BCUT2D eigenvalue weighted by atomic mass is 10.1. The van der Waals surface area contributed by atoms with E-state index >= 15 is 0 Å². The van der Waals surface area contributed by atoms with Crippen LogP contribution in [0, 0.1) is 6.92 Å². The summed E-state index contributed by atoms with van der Waals surface area (Å²) < 4.78 is 6.72. The lowest BCUT2D eigenvalue weighted by molar-refractivity contribution is -0.116. The molecule has 6 nitrogen and oxygen atoms in total. The number of hydrogen-bond donors (Lipinski definition) is 2. The molecule has 1 fully saturated rings. The second kappa shape index (κ2) is 13.4. The van der Waals surface area contributed by atoms with Gasteiger partial charge in [0.2, 0.25) is 5.91 Å². The van der Waals surface area contributed by atoms with Crippen LogP contribution in [0.3, 0.4) is 0 Å². The monoisotopic (exact) mass is 566 g/mol. The molecule has 1 aromatic carbocycles. The van der Waals surface area contributed by atoms with Crippen LogP contribution in [-0.4, -0.2) is 55.7 Å². The van der Waals surface area contributed by atoms with Crippen molar-refractivity contribution in [1.29, 1.82) is 0 Å². The van der Waals surface area contributed by atoms with Crippen molar-refractivity contribution in [1.82, 2.24) is 10.2 Å². The SMILES string of the molecule is CCNC(=NCCC(=O)Nc1ccc(Br)cc1C)N1CCC(OCC)CC1.I. The standard InChI is InChI=1S/C20H31BrN4O2.HI/c1-4-22-20(25-12-9-17(10-13-25)27-5-2)23-11-8-19(26)24-18-7-6-16(21)14-15(18)3;/h6-7,14,17H,4-5,8-13H2,1-3H3,(H,22,23)(H,24,26);1H. The topological polar surface area (TPSA) is 66.0 Å². The third-order valence-electron chi connectivity index (χ3n) is 4.54. The molecule has 158 valence electrons. The van der Waals surface area contributed by atoms with E-state index in [0.29, 0.717) is 19.1 Å². The number of guanidine groups is 1.